The Hall–Kier alpha value is -1.40. The number of hydrogen-bond acceptors (Lipinski definition) is 4. The minimum atomic E-state index is -0.921. The third-order valence-electron chi connectivity index (χ3n) is 5.66. The van der Waals surface area contributed by atoms with E-state index in [9.17, 15) is 9.90 Å². The van der Waals surface area contributed by atoms with E-state index in [0.717, 1.165) is 31.5 Å². The monoisotopic (exact) mass is 321 g/mol. The van der Waals surface area contributed by atoms with Crippen LogP contribution >= 0.6 is 0 Å². The van der Waals surface area contributed by atoms with Gasteiger partial charge in [-0.3, -0.25) is 9.48 Å². The maximum atomic E-state index is 12.5. The highest BCUT2D eigenvalue weighted by Crippen LogP contribution is 2.50. The molecule has 1 saturated carbocycles. The number of aliphatic hydroxyl groups is 1. The summed E-state index contributed by atoms with van der Waals surface area (Å²) in [5, 5.41) is 18.0. The highest BCUT2D eigenvalue weighted by molar-refractivity contribution is 5.95. The fourth-order valence-electron chi connectivity index (χ4n) is 3.69. The van der Waals surface area contributed by atoms with Gasteiger partial charge in [-0.15, -0.1) is 0 Å². The van der Waals surface area contributed by atoms with Crippen LogP contribution in [0.3, 0.4) is 0 Å². The summed E-state index contributed by atoms with van der Waals surface area (Å²) < 4.78 is 7.58. The van der Waals surface area contributed by atoms with Crippen LogP contribution in [0.2, 0.25) is 0 Å². The van der Waals surface area contributed by atoms with Crippen molar-refractivity contribution in [1.29, 1.82) is 0 Å². The molecule has 1 aliphatic heterocycles. The summed E-state index contributed by atoms with van der Waals surface area (Å²) in [6.45, 7) is 7.70. The number of rotatable bonds is 5. The van der Waals surface area contributed by atoms with Crippen molar-refractivity contribution in [2.75, 3.05) is 13.2 Å². The molecule has 2 heterocycles. The summed E-state index contributed by atoms with van der Waals surface area (Å²) in [6.07, 6.45) is 5.35. The Labute approximate surface area is 137 Å². The second-order valence-electron chi connectivity index (χ2n) is 7.27. The maximum Gasteiger partial charge on any atom is 0.254 e. The Morgan fingerprint density at radius 1 is 1.52 bits per heavy atom. The molecule has 2 aliphatic rings. The van der Waals surface area contributed by atoms with Gasteiger partial charge in [-0.2, -0.15) is 5.10 Å². The summed E-state index contributed by atoms with van der Waals surface area (Å²) in [4.78, 5) is 12.5. The molecule has 2 atom stereocenters. The topological polar surface area (TPSA) is 76.4 Å². The minimum Gasteiger partial charge on any atom is -0.387 e. The molecule has 128 valence electrons. The average Bonchev–Trinajstić information content (AvgIpc) is 2.96. The van der Waals surface area contributed by atoms with Crippen LogP contribution in [-0.2, 0) is 17.7 Å². The number of fused-ring (bicyclic) bond motifs is 1. The quantitative estimate of drug-likeness (QED) is 0.862. The lowest BCUT2D eigenvalue weighted by Gasteiger charge is -2.57. The number of nitrogens with one attached hydrogen (secondary N) is 1. The van der Waals surface area contributed by atoms with Crippen molar-refractivity contribution in [3.63, 3.8) is 0 Å². The first-order chi connectivity index (χ1) is 10.9. The Morgan fingerprint density at radius 3 is 3.00 bits per heavy atom. The lowest BCUT2D eigenvalue weighted by Crippen LogP contribution is -2.68. The smallest absolute Gasteiger partial charge is 0.254 e. The van der Waals surface area contributed by atoms with Crippen LogP contribution in [0.4, 0.5) is 0 Å². The van der Waals surface area contributed by atoms with E-state index >= 15 is 0 Å². The van der Waals surface area contributed by atoms with E-state index in [1.165, 1.54) is 0 Å². The van der Waals surface area contributed by atoms with Crippen molar-refractivity contribution in [3.8, 4) is 0 Å². The molecule has 0 bridgehead atoms. The van der Waals surface area contributed by atoms with Crippen molar-refractivity contribution < 1.29 is 14.6 Å². The molecule has 0 radical (unpaired) electrons. The van der Waals surface area contributed by atoms with Crippen molar-refractivity contribution in [2.24, 2.45) is 5.41 Å². The number of amides is 1. The summed E-state index contributed by atoms with van der Waals surface area (Å²) in [5.74, 6) is -0.141. The second kappa shape index (κ2) is 5.91. The summed E-state index contributed by atoms with van der Waals surface area (Å²) >= 11 is 0. The van der Waals surface area contributed by atoms with Crippen molar-refractivity contribution in [3.05, 3.63) is 17.5 Å². The van der Waals surface area contributed by atoms with Gasteiger partial charge in [0.05, 0.1) is 29.2 Å². The number of aryl methyl sites for hydroxylation is 1. The summed E-state index contributed by atoms with van der Waals surface area (Å²) in [5.41, 5.74) is 0.373. The van der Waals surface area contributed by atoms with E-state index in [1.54, 1.807) is 6.20 Å². The van der Waals surface area contributed by atoms with Gasteiger partial charge in [0, 0.05) is 31.5 Å². The van der Waals surface area contributed by atoms with Crippen LogP contribution in [0.25, 0.3) is 0 Å². The van der Waals surface area contributed by atoms with Crippen LogP contribution in [0, 0.1) is 5.41 Å². The van der Waals surface area contributed by atoms with Gasteiger partial charge in [0.15, 0.2) is 0 Å². The maximum absolute atomic E-state index is 12.5. The third-order valence-corrected chi connectivity index (χ3v) is 5.66. The van der Waals surface area contributed by atoms with E-state index in [1.807, 2.05) is 25.5 Å². The molecule has 1 amide bonds. The third kappa shape index (κ3) is 2.68. The number of carbonyl (C=O) groups excluding carboxylic acids is 1. The Morgan fingerprint density at radius 2 is 2.30 bits per heavy atom. The molecule has 1 fully saturated rings. The lowest BCUT2D eigenvalue weighted by molar-refractivity contribution is -0.237. The van der Waals surface area contributed by atoms with Gasteiger partial charge in [0.25, 0.3) is 5.91 Å². The van der Waals surface area contributed by atoms with Crippen LogP contribution in [0.1, 0.15) is 56.1 Å². The van der Waals surface area contributed by atoms with Crippen LogP contribution < -0.4 is 5.32 Å². The van der Waals surface area contributed by atoms with Crippen LogP contribution in [0.5, 0.6) is 0 Å². The van der Waals surface area contributed by atoms with Crippen molar-refractivity contribution in [1.82, 2.24) is 15.1 Å². The first-order valence-electron chi connectivity index (χ1n) is 8.56. The molecule has 0 aromatic carbocycles. The SMILES string of the molecule is CCOC1CC(O)(CNC(=O)c2cnn3c2CCCC3)C1(C)C. The summed E-state index contributed by atoms with van der Waals surface area (Å²) in [7, 11) is 0. The molecule has 2 N–H and O–H groups in total. The first-order valence-corrected chi connectivity index (χ1v) is 8.56. The molecule has 1 aromatic rings. The van der Waals surface area contributed by atoms with Gasteiger partial charge in [-0.05, 0) is 26.2 Å². The van der Waals surface area contributed by atoms with Crippen LogP contribution in [0.15, 0.2) is 6.20 Å². The summed E-state index contributed by atoms with van der Waals surface area (Å²) in [6, 6.07) is 0. The fourth-order valence-corrected chi connectivity index (χ4v) is 3.69. The standard InChI is InChI=1S/C17H27N3O3/c1-4-23-14-9-17(22,16(14,2)3)11-18-15(21)12-10-19-20-8-6-5-7-13(12)20/h10,14,22H,4-9,11H2,1-3H3,(H,18,21). The highest BCUT2D eigenvalue weighted by atomic mass is 16.5. The van der Waals surface area contributed by atoms with E-state index in [2.05, 4.69) is 10.4 Å². The number of aromatic nitrogens is 2. The molecule has 0 spiro atoms. The zero-order chi connectivity index (χ0) is 16.7. The predicted octanol–water partition coefficient (Wildman–Crippen LogP) is 1.52. The Bertz CT molecular complexity index is 596. The molecule has 1 aliphatic carbocycles. The average molecular weight is 321 g/mol. The van der Waals surface area contributed by atoms with E-state index in [4.69, 9.17) is 4.74 Å². The van der Waals surface area contributed by atoms with Gasteiger partial charge in [-0.1, -0.05) is 13.8 Å². The molecule has 6 nitrogen and oxygen atoms in total. The first kappa shape index (κ1) is 16.5. The van der Waals surface area contributed by atoms with Gasteiger partial charge in [0.1, 0.15) is 0 Å². The predicted molar refractivity (Wildman–Crippen MR) is 86.3 cm³/mol. The van der Waals surface area contributed by atoms with Crippen LogP contribution in [-0.4, -0.2) is 45.7 Å². The Kier molecular flexibility index (Phi) is 4.23. The van der Waals surface area contributed by atoms with E-state index in [0.29, 0.717) is 18.6 Å². The van der Waals surface area contributed by atoms with Crippen molar-refractivity contribution >= 4 is 5.91 Å². The molecular weight excluding hydrogens is 294 g/mol. The lowest BCUT2D eigenvalue weighted by atomic mass is 9.56. The van der Waals surface area contributed by atoms with Gasteiger partial charge < -0.3 is 15.2 Å². The molecule has 1 aromatic heterocycles. The van der Waals surface area contributed by atoms with Gasteiger partial charge in [0.2, 0.25) is 0 Å². The van der Waals surface area contributed by atoms with E-state index in [-0.39, 0.29) is 24.0 Å². The molecular formula is C17H27N3O3. The number of carbonyl (C=O) groups is 1. The minimum absolute atomic E-state index is 0.0401. The molecule has 0 saturated heterocycles. The second-order valence-corrected chi connectivity index (χ2v) is 7.27. The fraction of sp³-hybridized carbons (Fsp3) is 0.765. The highest BCUT2D eigenvalue weighted by Gasteiger charge is 2.59. The number of nitrogens with zero attached hydrogens (tertiary/aromatic N) is 2. The van der Waals surface area contributed by atoms with Gasteiger partial charge in [-0.25, -0.2) is 0 Å². The molecule has 2 unspecified atom stereocenters. The van der Waals surface area contributed by atoms with E-state index < -0.39 is 5.60 Å². The molecule has 23 heavy (non-hydrogen) atoms. The zero-order valence-electron chi connectivity index (χ0n) is 14.3. The number of hydrogen-bond donors (Lipinski definition) is 2. The molecule has 3 rings (SSSR count). The van der Waals surface area contributed by atoms with Crippen molar-refractivity contribution in [2.45, 2.75) is 64.7 Å². The Balaban J connectivity index is 1.63. The zero-order valence-corrected chi connectivity index (χ0v) is 14.3. The normalized spacial score (nSPS) is 28.8. The van der Waals surface area contributed by atoms with Gasteiger partial charge >= 0.3 is 0 Å². The number of ether oxygens (including phenoxy) is 1. The molecule has 6 heteroatoms. The largest absolute Gasteiger partial charge is 0.387 e.